The van der Waals surface area contributed by atoms with Gasteiger partial charge in [-0.05, 0) is 38.5 Å². The molecule has 2 unspecified atom stereocenters. The molecule has 0 aliphatic heterocycles. The van der Waals surface area contributed by atoms with Gasteiger partial charge < -0.3 is 5.32 Å². The summed E-state index contributed by atoms with van der Waals surface area (Å²) in [6.45, 7) is 3.53. The van der Waals surface area contributed by atoms with Gasteiger partial charge in [0.25, 0.3) is 0 Å². The first-order valence-electron chi connectivity index (χ1n) is 7.13. The first kappa shape index (κ1) is 14.4. The Morgan fingerprint density at radius 3 is 2.69 bits per heavy atom. The molecule has 0 amide bonds. The van der Waals surface area contributed by atoms with Crippen LogP contribution < -0.4 is 5.32 Å². The molecule has 1 saturated carbocycles. The number of thioether (sulfide) groups is 1. The first-order valence-corrected chi connectivity index (χ1v) is 8.41. The Morgan fingerprint density at radius 2 is 1.94 bits per heavy atom. The molecule has 0 bridgehead atoms. The molecule has 1 N–H and O–H groups in total. The normalized spacial score (nSPS) is 25.9. The predicted molar refractivity (Wildman–Crippen MR) is 76.3 cm³/mol. The molecule has 1 rings (SSSR count). The van der Waals surface area contributed by atoms with Crippen LogP contribution in [0.15, 0.2) is 0 Å². The Hall–Kier alpha value is 0.310. The van der Waals surface area contributed by atoms with E-state index in [4.69, 9.17) is 0 Å². The van der Waals surface area contributed by atoms with Gasteiger partial charge in [-0.15, -0.1) is 0 Å². The van der Waals surface area contributed by atoms with Crippen LogP contribution in [0.25, 0.3) is 0 Å². The molecule has 1 aliphatic carbocycles. The summed E-state index contributed by atoms with van der Waals surface area (Å²) in [7, 11) is 0. The molecule has 1 nitrogen and oxygen atoms in total. The third-order valence-corrected chi connectivity index (χ3v) is 4.77. The molecule has 0 spiro atoms. The van der Waals surface area contributed by atoms with Crippen molar-refractivity contribution >= 4 is 11.8 Å². The molecular formula is C14H29NS. The monoisotopic (exact) mass is 243 g/mol. The first-order chi connectivity index (χ1) is 7.86. The predicted octanol–water partition coefficient (Wildman–Crippen LogP) is 4.22. The van der Waals surface area contributed by atoms with E-state index in [2.05, 4.69) is 30.3 Å². The maximum atomic E-state index is 3.75. The Bertz CT molecular complexity index is 161. The molecule has 1 aliphatic rings. The summed E-state index contributed by atoms with van der Waals surface area (Å²) < 4.78 is 0. The quantitative estimate of drug-likeness (QED) is 0.641. The summed E-state index contributed by atoms with van der Waals surface area (Å²) in [6.07, 6.45) is 14.9. The third kappa shape index (κ3) is 6.15. The van der Waals surface area contributed by atoms with Crippen molar-refractivity contribution in [3.63, 3.8) is 0 Å². The second-order valence-corrected chi connectivity index (χ2v) is 6.23. The van der Waals surface area contributed by atoms with Gasteiger partial charge in [0.05, 0.1) is 0 Å². The minimum absolute atomic E-state index is 0.817. The van der Waals surface area contributed by atoms with Crippen molar-refractivity contribution in [2.24, 2.45) is 0 Å². The minimum Gasteiger partial charge on any atom is -0.314 e. The zero-order chi connectivity index (χ0) is 11.6. The Kier molecular flexibility index (Phi) is 8.40. The maximum Gasteiger partial charge on any atom is 0.00776 e. The Labute approximate surface area is 106 Å². The fourth-order valence-electron chi connectivity index (χ4n) is 2.58. The van der Waals surface area contributed by atoms with Crippen LogP contribution in [0, 0.1) is 0 Å². The van der Waals surface area contributed by atoms with Crippen molar-refractivity contribution in [1.82, 2.24) is 5.32 Å². The Morgan fingerprint density at radius 1 is 1.12 bits per heavy atom. The van der Waals surface area contributed by atoms with Gasteiger partial charge >= 0.3 is 0 Å². The molecule has 2 heteroatoms. The van der Waals surface area contributed by atoms with Gasteiger partial charge in [-0.2, -0.15) is 11.8 Å². The van der Waals surface area contributed by atoms with Gasteiger partial charge in [-0.1, -0.05) is 39.0 Å². The topological polar surface area (TPSA) is 12.0 Å². The zero-order valence-corrected chi connectivity index (χ0v) is 12.0. The highest BCUT2D eigenvalue weighted by atomic mass is 32.2. The van der Waals surface area contributed by atoms with Gasteiger partial charge in [0.15, 0.2) is 0 Å². The fraction of sp³-hybridized carbons (Fsp3) is 1.00. The lowest BCUT2D eigenvalue weighted by atomic mass is 9.95. The average molecular weight is 243 g/mol. The number of nitrogens with one attached hydrogen (secondary N) is 1. The van der Waals surface area contributed by atoms with Gasteiger partial charge in [-0.3, -0.25) is 0 Å². The minimum atomic E-state index is 0.817. The van der Waals surface area contributed by atoms with E-state index in [0.717, 1.165) is 11.3 Å². The van der Waals surface area contributed by atoms with Crippen molar-refractivity contribution in [2.45, 2.75) is 76.0 Å². The van der Waals surface area contributed by atoms with E-state index in [9.17, 15) is 0 Å². The second kappa shape index (κ2) is 9.35. The molecule has 0 aromatic rings. The fourth-order valence-corrected chi connectivity index (χ4v) is 3.41. The van der Waals surface area contributed by atoms with Crippen LogP contribution >= 0.6 is 11.8 Å². The SMILES string of the molecule is CCCCCCCNC1CCCC(SC)C1. The van der Waals surface area contributed by atoms with E-state index in [0.29, 0.717) is 0 Å². The van der Waals surface area contributed by atoms with Gasteiger partial charge in [0, 0.05) is 11.3 Å². The molecule has 0 aromatic carbocycles. The van der Waals surface area contributed by atoms with Crippen molar-refractivity contribution < 1.29 is 0 Å². The smallest absolute Gasteiger partial charge is 0.00776 e. The largest absolute Gasteiger partial charge is 0.314 e. The summed E-state index contributed by atoms with van der Waals surface area (Å²) in [4.78, 5) is 0. The number of unbranched alkanes of at least 4 members (excludes halogenated alkanes) is 4. The lowest BCUT2D eigenvalue weighted by molar-refractivity contribution is 0.377. The standard InChI is InChI=1S/C14H29NS/c1-3-4-5-6-7-11-15-13-9-8-10-14(12-13)16-2/h13-15H,3-12H2,1-2H3. The van der Waals surface area contributed by atoms with Crippen LogP contribution in [0.4, 0.5) is 0 Å². The van der Waals surface area contributed by atoms with Crippen LogP contribution in [-0.4, -0.2) is 24.1 Å². The zero-order valence-electron chi connectivity index (χ0n) is 11.1. The average Bonchev–Trinajstić information content (AvgIpc) is 2.34. The summed E-state index contributed by atoms with van der Waals surface area (Å²) >= 11 is 2.06. The van der Waals surface area contributed by atoms with Crippen molar-refractivity contribution in [3.8, 4) is 0 Å². The van der Waals surface area contributed by atoms with E-state index in [1.165, 1.54) is 64.3 Å². The highest BCUT2D eigenvalue weighted by Gasteiger charge is 2.20. The van der Waals surface area contributed by atoms with E-state index in [1.54, 1.807) is 0 Å². The molecule has 0 radical (unpaired) electrons. The summed E-state index contributed by atoms with van der Waals surface area (Å²) in [5.41, 5.74) is 0. The van der Waals surface area contributed by atoms with Gasteiger partial charge in [0.1, 0.15) is 0 Å². The van der Waals surface area contributed by atoms with E-state index >= 15 is 0 Å². The second-order valence-electron chi connectivity index (χ2n) is 5.09. The molecule has 16 heavy (non-hydrogen) atoms. The van der Waals surface area contributed by atoms with Crippen LogP contribution in [0.1, 0.15) is 64.7 Å². The summed E-state index contributed by atoms with van der Waals surface area (Å²) in [6, 6.07) is 0.817. The van der Waals surface area contributed by atoms with E-state index in [-0.39, 0.29) is 0 Å². The van der Waals surface area contributed by atoms with E-state index in [1.807, 2.05) is 0 Å². The van der Waals surface area contributed by atoms with Crippen molar-refractivity contribution in [2.75, 3.05) is 12.8 Å². The van der Waals surface area contributed by atoms with Gasteiger partial charge in [0.2, 0.25) is 0 Å². The highest BCUT2D eigenvalue weighted by Crippen LogP contribution is 2.26. The molecule has 1 fully saturated rings. The van der Waals surface area contributed by atoms with Crippen LogP contribution in [0.3, 0.4) is 0 Å². The van der Waals surface area contributed by atoms with Crippen LogP contribution in [0.5, 0.6) is 0 Å². The van der Waals surface area contributed by atoms with E-state index < -0.39 is 0 Å². The lowest BCUT2D eigenvalue weighted by Gasteiger charge is -2.28. The molecule has 0 heterocycles. The third-order valence-electron chi connectivity index (χ3n) is 3.67. The molecule has 2 atom stereocenters. The number of hydrogen-bond donors (Lipinski definition) is 1. The summed E-state index contributed by atoms with van der Waals surface area (Å²) in [5.74, 6) is 0. The number of hydrogen-bond acceptors (Lipinski definition) is 2. The molecule has 0 aromatic heterocycles. The summed E-state index contributed by atoms with van der Waals surface area (Å²) in [5, 5.41) is 4.67. The molecular weight excluding hydrogens is 214 g/mol. The highest BCUT2D eigenvalue weighted by molar-refractivity contribution is 7.99. The van der Waals surface area contributed by atoms with Crippen molar-refractivity contribution in [1.29, 1.82) is 0 Å². The van der Waals surface area contributed by atoms with Crippen LogP contribution in [0.2, 0.25) is 0 Å². The molecule has 0 saturated heterocycles. The van der Waals surface area contributed by atoms with Crippen LogP contribution in [-0.2, 0) is 0 Å². The lowest BCUT2D eigenvalue weighted by Crippen LogP contribution is -2.35. The molecule has 96 valence electrons. The van der Waals surface area contributed by atoms with Crippen molar-refractivity contribution in [3.05, 3.63) is 0 Å². The van der Waals surface area contributed by atoms with Gasteiger partial charge in [-0.25, -0.2) is 0 Å². The Balaban J connectivity index is 1.95. The maximum absolute atomic E-state index is 3.75. The number of rotatable bonds is 8.